The highest BCUT2D eigenvalue weighted by atomic mass is 31.2. The molecule has 16 heavy (non-hydrogen) atoms. The molecule has 1 unspecified atom stereocenters. The van der Waals surface area contributed by atoms with Crippen molar-refractivity contribution in [3.8, 4) is 0 Å². The third-order valence-electron chi connectivity index (χ3n) is 2.53. The summed E-state index contributed by atoms with van der Waals surface area (Å²) in [5, 5.41) is 0. The van der Waals surface area contributed by atoms with Gasteiger partial charge >= 0.3 is 0 Å². The van der Waals surface area contributed by atoms with Crippen LogP contribution in [-0.2, 0) is 14.2 Å². The Bertz CT molecular complexity index is 344. The Labute approximate surface area is 94.7 Å². The molecule has 0 aromatic heterocycles. The van der Waals surface area contributed by atoms with Crippen LogP contribution in [0.2, 0.25) is 0 Å². The highest BCUT2D eigenvalue weighted by molar-refractivity contribution is 7.57. The van der Waals surface area contributed by atoms with Crippen molar-refractivity contribution >= 4 is 19.2 Å². The van der Waals surface area contributed by atoms with Gasteiger partial charge in [-0.2, -0.15) is 0 Å². The molecule has 0 spiro atoms. The van der Waals surface area contributed by atoms with Gasteiger partial charge in [-0.15, -0.1) is 0 Å². The van der Waals surface area contributed by atoms with E-state index in [0.29, 0.717) is 13.0 Å². The molecular formula is C9H17N2O4P. The molecule has 1 N–H and O–H groups in total. The number of nitrogens with zero attached hydrogens (tertiary/aromatic N) is 2. The largest absolute Gasteiger partial charge is 0.342 e. The van der Waals surface area contributed by atoms with Gasteiger partial charge in [-0.3, -0.25) is 14.2 Å². The second-order valence-corrected chi connectivity index (χ2v) is 6.37. The van der Waals surface area contributed by atoms with Crippen LogP contribution >= 0.6 is 7.37 Å². The number of hydrogen-bond donors (Lipinski definition) is 1. The molecule has 1 saturated heterocycles. The highest BCUT2D eigenvalue weighted by Crippen LogP contribution is 2.42. The smallest absolute Gasteiger partial charge is 0.238 e. The van der Waals surface area contributed by atoms with Gasteiger partial charge in [0.25, 0.3) is 0 Å². The lowest BCUT2D eigenvalue weighted by molar-refractivity contribution is -0.127. The molecule has 0 aromatic rings. The van der Waals surface area contributed by atoms with E-state index in [1.54, 1.807) is 0 Å². The first-order chi connectivity index (χ1) is 7.32. The summed E-state index contributed by atoms with van der Waals surface area (Å²) in [6.45, 7) is 1.87. The van der Waals surface area contributed by atoms with Gasteiger partial charge in [0.1, 0.15) is 0 Å². The van der Waals surface area contributed by atoms with Gasteiger partial charge in [-0.25, -0.2) is 0 Å². The van der Waals surface area contributed by atoms with Crippen molar-refractivity contribution in [2.75, 3.05) is 26.2 Å². The fourth-order valence-corrected chi connectivity index (χ4v) is 3.38. The molecular weight excluding hydrogens is 231 g/mol. The van der Waals surface area contributed by atoms with Crippen LogP contribution in [0.3, 0.4) is 0 Å². The number of rotatable bonds is 4. The highest BCUT2D eigenvalue weighted by Gasteiger charge is 2.30. The van der Waals surface area contributed by atoms with Crippen molar-refractivity contribution in [2.24, 2.45) is 0 Å². The number of amides is 2. The van der Waals surface area contributed by atoms with E-state index in [0.717, 1.165) is 6.42 Å². The van der Waals surface area contributed by atoms with Crippen LogP contribution in [0.15, 0.2) is 0 Å². The summed E-state index contributed by atoms with van der Waals surface area (Å²) in [4.78, 5) is 34.5. The van der Waals surface area contributed by atoms with E-state index >= 15 is 0 Å². The summed E-state index contributed by atoms with van der Waals surface area (Å²) in [6, 6.07) is 0. The molecule has 1 rings (SSSR count). The first kappa shape index (κ1) is 13.2. The van der Waals surface area contributed by atoms with Crippen molar-refractivity contribution in [2.45, 2.75) is 19.8 Å². The molecule has 0 radical (unpaired) electrons. The Balaban J connectivity index is 2.54. The van der Waals surface area contributed by atoms with Crippen LogP contribution in [0.1, 0.15) is 19.8 Å². The molecule has 1 atom stereocenters. The van der Waals surface area contributed by atoms with E-state index in [2.05, 4.69) is 0 Å². The minimum absolute atomic E-state index is 0.0836. The topological polar surface area (TPSA) is 77.9 Å². The monoisotopic (exact) mass is 248 g/mol. The van der Waals surface area contributed by atoms with Gasteiger partial charge in [0.15, 0.2) is 0 Å². The molecule has 2 amide bonds. The van der Waals surface area contributed by atoms with Crippen molar-refractivity contribution in [3.05, 3.63) is 0 Å². The number of likely N-dealkylation sites (tertiary alicyclic amines) is 1. The Morgan fingerprint density at radius 3 is 2.69 bits per heavy atom. The fourth-order valence-electron chi connectivity index (χ4n) is 1.60. The lowest BCUT2D eigenvalue weighted by atomic mass is 10.4. The van der Waals surface area contributed by atoms with Crippen LogP contribution in [0.4, 0.5) is 0 Å². The van der Waals surface area contributed by atoms with Gasteiger partial charge in [0.2, 0.25) is 19.2 Å². The van der Waals surface area contributed by atoms with Crippen molar-refractivity contribution in [3.63, 3.8) is 0 Å². The maximum Gasteiger partial charge on any atom is 0.238 e. The molecule has 0 bridgehead atoms. The molecule has 1 aliphatic heterocycles. The van der Waals surface area contributed by atoms with Crippen LogP contribution in [0.5, 0.6) is 0 Å². The minimum Gasteiger partial charge on any atom is -0.342 e. The third kappa shape index (κ3) is 3.61. The predicted octanol–water partition coefficient (Wildman–Crippen LogP) is 0.272. The molecule has 6 nitrogen and oxygen atoms in total. The van der Waals surface area contributed by atoms with E-state index in [1.807, 2.05) is 0 Å². The Morgan fingerprint density at radius 2 is 2.25 bits per heavy atom. The lowest BCUT2D eigenvalue weighted by Crippen LogP contribution is -2.30. The van der Waals surface area contributed by atoms with Crippen LogP contribution < -0.4 is 0 Å². The van der Waals surface area contributed by atoms with E-state index in [-0.39, 0.29) is 24.4 Å². The molecule has 0 saturated carbocycles. The van der Waals surface area contributed by atoms with E-state index < -0.39 is 7.37 Å². The predicted molar refractivity (Wildman–Crippen MR) is 59.0 cm³/mol. The van der Waals surface area contributed by atoms with Gasteiger partial charge in [-0.05, 0) is 6.42 Å². The zero-order valence-electron chi connectivity index (χ0n) is 9.55. The first-order valence-corrected chi connectivity index (χ1v) is 7.15. The molecule has 1 aliphatic rings. The second-order valence-electron chi connectivity index (χ2n) is 4.11. The number of hydrogen-bond acceptors (Lipinski definition) is 3. The van der Waals surface area contributed by atoms with Gasteiger partial charge in [0, 0.05) is 26.9 Å². The summed E-state index contributed by atoms with van der Waals surface area (Å²) < 4.78 is 11.8. The van der Waals surface area contributed by atoms with Gasteiger partial charge in [0.05, 0.1) is 12.6 Å². The average molecular weight is 248 g/mol. The number of carbonyl (C=O) groups is 2. The fraction of sp³-hybridized carbons (Fsp3) is 0.778. The zero-order valence-corrected chi connectivity index (χ0v) is 10.4. The SMILES string of the molecule is CC(=O)N(C)CP(=O)(O)CN1CCCC1=O. The Hall–Kier alpha value is -0.870. The van der Waals surface area contributed by atoms with Crippen LogP contribution in [0, 0.1) is 0 Å². The van der Waals surface area contributed by atoms with Crippen LogP contribution in [0.25, 0.3) is 0 Å². The Kier molecular flexibility index (Phi) is 4.10. The first-order valence-electron chi connectivity index (χ1n) is 5.12. The maximum absolute atomic E-state index is 11.8. The van der Waals surface area contributed by atoms with Gasteiger partial charge < -0.3 is 14.7 Å². The maximum atomic E-state index is 11.8. The average Bonchev–Trinajstić information content (AvgIpc) is 2.50. The summed E-state index contributed by atoms with van der Waals surface area (Å²) in [5.74, 6) is -0.346. The molecule has 0 aromatic carbocycles. The normalized spacial score (nSPS) is 19.7. The third-order valence-corrected chi connectivity index (χ3v) is 4.18. The molecule has 0 aliphatic carbocycles. The van der Waals surface area contributed by atoms with Crippen LogP contribution in [-0.4, -0.2) is 52.7 Å². The van der Waals surface area contributed by atoms with E-state index in [4.69, 9.17) is 0 Å². The van der Waals surface area contributed by atoms with Crippen molar-refractivity contribution in [1.82, 2.24) is 9.80 Å². The van der Waals surface area contributed by atoms with Gasteiger partial charge in [-0.1, -0.05) is 0 Å². The summed E-state index contributed by atoms with van der Waals surface area (Å²) >= 11 is 0. The van der Waals surface area contributed by atoms with E-state index in [9.17, 15) is 19.0 Å². The summed E-state index contributed by atoms with van der Waals surface area (Å²) in [7, 11) is -2.01. The quantitative estimate of drug-likeness (QED) is 0.724. The Morgan fingerprint density at radius 1 is 1.62 bits per heavy atom. The molecule has 1 heterocycles. The second kappa shape index (κ2) is 4.97. The van der Waals surface area contributed by atoms with E-state index in [1.165, 1.54) is 23.8 Å². The van der Waals surface area contributed by atoms with Crippen molar-refractivity contribution in [1.29, 1.82) is 0 Å². The standard InChI is InChI=1S/C9H17N2O4P/c1-8(12)10(2)6-16(14,15)7-11-5-3-4-9(11)13/h3-7H2,1-2H3,(H,14,15). The lowest BCUT2D eigenvalue weighted by Gasteiger charge is -2.23. The molecule has 92 valence electrons. The summed E-state index contributed by atoms with van der Waals surface area (Å²) in [5.41, 5.74) is 0. The molecule has 7 heteroatoms. The molecule has 1 fully saturated rings. The zero-order chi connectivity index (χ0) is 12.3. The number of carbonyl (C=O) groups excluding carboxylic acids is 2. The van der Waals surface area contributed by atoms with Crippen molar-refractivity contribution < 1.29 is 19.0 Å². The minimum atomic E-state index is -3.48. The summed E-state index contributed by atoms with van der Waals surface area (Å²) in [6.07, 6.45) is 0.833.